The molecule has 5 heterocycles. The number of alkyl halides is 1. The number of ether oxygens (including phenoxy) is 1. The summed E-state index contributed by atoms with van der Waals surface area (Å²) in [7, 11) is 0. The molecule has 1 N–H and O–H groups in total. The maximum atomic E-state index is 14.0. The molecule has 0 spiro atoms. The summed E-state index contributed by atoms with van der Waals surface area (Å²) in [5, 5.41) is 7.05. The number of allylic oxidation sites excluding steroid dienone is 1. The lowest BCUT2D eigenvalue weighted by atomic mass is 10.0. The van der Waals surface area contributed by atoms with Crippen molar-refractivity contribution >= 4 is 23.7 Å². The zero-order valence-corrected chi connectivity index (χ0v) is 19.2. The van der Waals surface area contributed by atoms with Gasteiger partial charge in [-0.15, -0.1) is 0 Å². The minimum atomic E-state index is -1.55. The fourth-order valence-corrected chi connectivity index (χ4v) is 4.60. The first kappa shape index (κ1) is 22.5. The van der Waals surface area contributed by atoms with Gasteiger partial charge < -0.3 is 19.5 Å². The largest absolute Gasteiger partial charge is 0.376 e. The number of aromatic nitrogens is 3. The lowest BCUT2D eigenvalue weighted by Gasteiger charge is -2.20. The van der Waals surface area contributed by atoms with Crippen LogP contribution >= 0.6 is 0 Å². The van der Waals surface area contributed by atoms with E-state index < -0.39 is 11.6 Å². The van der Waals surface area contributed by atoms with Crippen molar-refractivity contribution in [2.24, 2.45) is 4.99 Å². The highest BCUT2D eigenvalue weighted by Crippen LogP contribution is 2.25. The first-order chi connectivity index (χ1) is 16.3. The van der Waals surface area contributed by atoms with Crippen molar-refractivity contribution in [3.8, 4) is 0 Å². The van der Waals surface area contributed by atoms with E-state index in [0.717, 1.165) is 19.1 Å². The molecule has 34 heavy (non-hydrogen) atoms. The predicted octanol–water partition coefficient (Wildman–Crippen LogP) is 1.35. The number of hydrogen-bond acceptors (Lipinski definition) is 6. The van der Waals surface area contributed by atoms with Crippen molar-refractivity contribution in [2.45, 2.75) is 64.4 Å². The second-order valence-corrected chi connectivity index (χ2v) is 9.18. The van der Waals surface area contributed by atoms with E-state index in [0.29, 0.717) is 36.5 Å². The summed E-state index contributed by atoms with van der Waals surface area (Å²) >= 11 is 0. The minimum Gasteiger partial charge on any atom is -0.376 e. The van der Waals surface area contributed by atoms with Crippen LogP contribution in [-0.4, -0.2) is 62.0 Å². The number of aryl methyl sites for hydroxylation is 1. The van der Waals surface area contributed by atoms with E-state index in [4.69, 9.17) is 4.74 Å². The number of amides is 2. The monoisotopic (exact) mass is 470 g/mol. The fraction of sp³-hybridized carbons (Fsp3) is 0.522. The summed E-state index contributed by atoms with van der Waals surface area (Å²) in [4.78, 5) is 45.1. The molecule has 0 aromatic carbocycles. The molecule has 10 nitrogen and oxygen atoms in total. The Kier molecular flexibility index (Phi) is 5.59. The third-order valence-corrected chi connectivity index (χ3v) is 6.41. The molecule has 2 amide bonds. The van der Waals surface area contributed by atoms with Crippen LogP contribution in [0, 0.1) is 0 Å². The summed E-state index contributed by atoms with van der Waals surface area (Å²) in [5.41, 5.74) is -0.331. The number of fused-ring (bicyclic) bond motifs is 2. The standard InChI is InChI=1S/C23H27FN6O4/c1-3-14-9-19-29(12-18(31)26-17-6-7-23(2,24)13-25-17)20-16(21(32)30(19)27-14)11-28(22(20)33)10-15-5-4-8-34-15/h6,9,13,15H,3-5,7-8,10-12H2,1-2H3,(H,26,31)/t15-,23?/m1/s1. The quantitative estimate of drug-likeness (QED) is 0.685. The van der Waals surface area contributed by atoms with Gasteiger partial charge in [-0.1, -0.05) is 6.92 Å². The summed E-state index contributed by atoms with van der Waals surface area (Å²) in [6.45, 7) is 4.31. The topological polar surface area (TPSA) is 110 Å². The van der Waals surface area contributed by atoms with Crippen LogP contribution in [0.5, 0.6) is 0 Å². The van der Waals surface area contributed by atoms with Crippen LogP contribution in [0.1, 0.15) is 54.9 Å². The maximum absolute atomic E-state index is 14.0. The minimum absolute atomic E-state index is 0.0572. The summed E-state index contributed by atoms with van der Waals surface area (Å²) in [6, 6.07) is 1.72. The third-order valence-electron chi connectivity index (χ3n) is 6.41. The number of carbonyl (C=O) groups is 2. The maximum Gasteiger partial charge on any atom is 0.280 e. The average molecular weight is 471 g/mol. The Morgan fingerprint density at radius 3 is 2.88 bits per heavy atom. The molecule has 5 rings (SSSR count). The smallest absolute Gasteiger partial charge is 0.280 e. The Morgan fingerprint density at radius 2 is 2.21 bits per heavy atom. The normalized spacial score (nSPS) is 24.1. The van der Waals surface area contributed by atoms with Crippen molar-refractivity contribution in [3.63, 3.8) is 0 Å². The molecule has 2 atom stereocenters. The summed E-state index contributed by atoms with van der Waals surface area (Å²) in [6.07, 6.45) is 5.13. The zero-order valence-electron chi connectivity index (χ0n) is 19.2. The van der Waals surface area contributed by atoms with Crippen molar-refractivity contribution in [3.05, 3.63) is 45.3 Å². The zero-order chi connectivity index (χ0) is 24.0. The van der Waals surface area contributed by atoms with Crippen LogP contribution in [0.25, 0.3) is 5.65 Å². The first-order valence-electron chi connectivity index (χ1n) is 11.5. The van der Waals surface area contributed by atoms with Gasteiger partial charge in [0.15, 0.2) is 0 Å². The second kappa shape index (κ2) is 8.46. The first-order valence-corrected chi connectivity index (χ1v) is 11.5. The van der Waals surface area contributed by atoms with Crippen LogP contribution in [0.3, 0.4) is 0 Å². The molecular weight excluding hydrogens is 443 g/mol. The van der Waals surface area contributed by atoms with Crippen molar-refractivity contribution in [1.82, 2.24) is 24.4 Å². The highest BCUT2D eigenvalue weighted by Gasteiger charge is 2.37. The number of rotatable bonds is 6. The second-order valence-electron chi connectivity index (χ2n) is 9.18. The van der Waals surface area contributed by atoms with Crippen LogP contribution in [0.15, 0.2) is 27.8 Å². The van der Waals surface area contributed by atoms with Gasteiger partial charge in [-0.3, -0.25) is 14.4 Å². The van der Waals surface area contributed by atoms with E-state index in [2.05, 4.69) is 15.4 Å². The van der Waals surface area contributed by atoms with Gasteiger partial charge in [0.05, 0.1) is 23.9 Å². The van der Waals surface area contributed by atoms with Crippen molar-refractivity contribution in [1.29, 1.82) is 0 Å². The molecule has 0 bridgehead atoms. The Balaban J connectivity index is 1.48. The number of carbonyl (C=O) groups excluding carboxylic acids is 2. The molecule has 1 fully saturated rings. The van der Waals surface area contributed by atoms with Crippen LogP contribution in [0.4, 0.5) is 4.39 Å². The molecule has 3 aliphatic rings. The summed E-state index contributed by atoms with van der Waals surface area (Å²) < 4.78 is 22.4. The van der Waals surface area contributed by atoms with E-state index in [1.165, 1.54) is 17.5 Å². The Hall–Kier alpha value is -3.34. The van der Waals surface area contributed by atoms with Crippen LogP contribution < -0.4 is 10.9 Å². The molecule has 1 saturated heterocycles. The molecule has 0 radical (unpaired) electrons. The van der Waals surface area contributed by atoms with Gasteiger partial charge in [0.25, 0.3) is 11.5 Å². The lowest BCUT2D eigenvalue weighted by Crippen LogP contribution is -2.34. The molecule has 3 aliphatic heterocycles. The molecule has 2 aromatic rings. The van der Waals surface area contributed by atoms with E-state index in [1.807, 2.05) is 6.92 Å². The molecule has 11 heteroatoms. The molecule has 0 aliphatic carbocycles. The van der Waals surface area contributed by atoms with Gasteiger partial charge in [-0.25, -0.2) is 9.38 Å². The van der Waals surface area contributed by atoms with Gasteiger partial charge in [0, 0.05) is 31.9 Å². The third kappa shape index (κ3) is 4.04. The van der Waals surface area contributed by atoms with Gasteiger partial charge in [0.2, 0.25) is 5.91 Å². The van der Waals surface area contributed by atoms with E-state index >= 15 is 0 Å². The number of halogens is 1. The van der Waals surface area contributed by atoms with Gasteiger partial charge >= 0.3 is 0 Å². The Morgan fingerprint density at radius 1 is 1.38 bits per heavy atom. The Labute approximate surface area is 195 Å². The predicted molar refractivity (Wildman–Crippen MR) is 121 cm³/mol. The van der Waals surface area contributed by atoms with Gasteiger partial charge in [-0.2, -0.15) is 9.61 Å². The lowest BCUT2D eigenvalue weighted by molar-refractivity contribution is -0.120. The van der Waals surface area contributed by atoms with E-state index in [-0.39, 0.29) is 48.6 Å². The van der Waals surface area contributed by atoms with E-state index in [1.54, 1.807) is 15.5 Å². The molecule has 0 saturated carbocycles. The molecule has 1 unspecified atom stereocenters. The van der Waals surface area contributed by atoms with Crippen LogP contribution in [-0.2, 0) is 29.0 Å². The van der Waals surface area contributed by atoms with Gasteiger partial charge in [-0.05, 0) is 32.3 Å². The SMILES string of the molecule is CCc1cc2n(CC(=O)NC3=CCC(C)(F)C=N3)c3c(c(=O)n2n1)CN(C[C@H]1CCCO1)C3=O. The molecular formula is C23H27FN6O4. The van der Waals surface area contributed by atoms with E-state index in [9.17, 15) is 18.8 Å². The van der Waals surface area contributed by atoms with Gasteiger partial charge in [0.1, 0.15) is 29.4 Å². The number of nitrogens with zero attached hydrogens (tertiary/aromatic N) is 5. The van der Waals surface area contributed by atoms with Crippen molar-refractivity contribution in [2.75, 3.05) is 13.2 Å². The average Bonchev–Trinajstić information content (AvgIpc) is 3.53. The number of hydrogen-bond donors (Lipinski definition) is 1. The van der Waals surface area contributed by atoms with Crippen LogP contribution in [0.2, 0.25) is 0 Å². The highest BCUT2D eigenvalue weighted by molar-refractivity contribution is 5.98. The molecule has 2 aromatic heterocycles. The van der Waals surface area contributed by atoms with Crippen molar-refractivity contribution < 1.29 is 18.7 Å². The summed E-state index contributed by atoms with van der Waals surface area (Å²) in [5.74, 6) is -0.494. The highest BCUT2D eigenvalue weighted by atomic mass is 19.1. The molecule has 180 valence electrons. The Bertz CT molecular complexity index is 1280. The fourth-order valence-electron chi connectivity index (χ4n) is 4.60. The number of nitrogens with one attached hydrogen (secondary N) is 1. The number of aliphatic imine (C=N–C) groups is 1.